The quantitative estimate of drug-likeness (QED) is 0.812. The Kier molecular flexibility index (Phi) is 4.67. The Labute approximate surface area is 123 Å². The average molecular weight is 325 g/mol. The molecule has 1 fully saturated rings. The number of carbonyl (C=O) groups is 1. The first-order valence-electron chi connectivity index (χ1n) is 6.91. The molecule has 0 unspecified atom stereocenters. The van der Waals surface area contributed by atoms with Crippen LogP contribution < -0.4 is 4.74 Å². The van der Waals surface area contributed by atoms with Gasteiger partial charge in [-0.25, -0.2) is 0 Å². The Bertz CT molecular complexity index is 462. The summed E-state index contributed by atoms with van der Waals surface area (Å²) >= 11 is 3.47. The van der Waals surface area contributed by atoms with Crippen molar-refractivity contribution in [1.82, 2.24) is 0 Å². The number of ether oxygens (including phenoxy) is 1. The van der Waals surface area contributed by atoms with Gasteiger partial charge in [-0.2, -0.15) is 0 Å². The van der Waals surface area contributed by atoms with E-state index in [4.69, 9.17) is 4.74 Å². The molecule has 0 saturated heterocycles. The Morgan fingerprint density at radius 1 is 1.32 bits per heavy atom. The lowest BCUT2D eigenvalue weighted by Gasteiger charge is -2.32. The van der Waals surface area contributed by atoms with Crippen molar-refractivity contribution in [2.45, 2.75) is 45.4 Å². The van der Waals surface area contributed by atoms with Gasteiger partial charge in [0.25, 0.3) is 0 Å². The average Bonchev–Trinajstić information content (AvgIpc) is 2.40. The number of Topliss-reactive ketones (excluding diaryl/α,β-unsaturated/α-hetero) is 1. The summed E-state index contributed by atoms with van der Waals surface area (Å²) in [6.07, 6.45) is 6.27. The molecule has 2 rings (SSSR count). The summed E-state index contributed by atoms with van der Waals surface area (Å²) in [5.74, 6) is 1.18. The Balaban J connectivity index is 2.08. The molecule has 0 aromatic heterocycles. The highest BCUT2D eigenvalue weighted by Crippen LogP contribution is 2.37. The van der Waals surface area contributed by atoms with Crippen LogP contribution in [0.2, 0.25) is 0 Å². The first kappa shape index (κ1) is 14.6. The van der Waals surface area contributed by atoms with Crippen molar-refractivity contribution in [2.24, 2.45) is 5.41 Å². The standard InChI is InChI=1S/C16H21BrO2/c1-16(8-4-3-5-9-16)15(18)11-12-6-7-14(19-2)13(17)10-12/h6-7,10H,3-5,8-9,11H2,1-2H3. The molecule has 1 aliphatic carbocycles. The van der Waals surface area contributed by atoms with Gasteiger partial charge in [0, 0.05) is 11.8 Å². The second-order valence-electron chi connectivity index (χ2n) is 5.69. The SMILES string of the molecule is COc1ccc(CC(=O)C2(C)CCCCC2)cc1Br. The highest BCUT2D eigenvalue weighted by atomic mass is 79.9. The van der Waals surface area contributed by atoms with Crippen LogP contribution in [0.15, 0.2) is 22.7 Å². The van der Waals surface area contributed by atoms with Gasteiger partial charge in [0.1, 0.15) is 11.5 Å². The molecular weight excluding hydrogens is 304 g/mol. The number of halogens is 1. The van der Waals surface area contributed by atoms with E-state index >= 15 is 0 Å². The van der Waals surface area contributed by atoms with Gasteiger partial charge in [-0.1, -0.05) is 32.3 Å². The number of benzene rings is 1. The van der Waals surface area contributed by atoms with Crippen LogP contribution in [0.1, 0.15) is 44.6 Å². The molecule has 0 N–H and O–H groups in total. The molecular formula is C16H21BrO2. The number of hydrogen-bond acceptors (Lipinski definition) is 2. The van der Waals surface area contributed by atoms with E-state index in [2.05, 4.69) is 22.9 Å². The molecule has 1 aromatic carbocycles. The van der Waals surface area contributed by atoms with Crippen LogP contribution in [0.5, 0.6) is 5.75 Å². The topological polar surface area (TPSA) is 26.3 Å². The lowest BCUT2D eigenvalue weighted by Crippen LogP contribution is -2.31. The fourth-order valence-corrected chi connectivity index (χ4v) is 3.42. The van der Waals surface area contributed by atoms with Crippen LogP contribution >= 0.6 is 15.9 Å². The third-order valence-electron chi connectivity index (χ3n) is 4.21. The van der Waals surface area contributed by atoms with Gasteiger partial charge in [0.05, 0.1) is 11.6 Å². The van der Waals surface area contributed by atoms with Crippen molar-refractivity contribution < 1.29 is 9.53 Å². The van der Waals surface area contributed by atoms with Crippen molar-refractivity contribution in [1.29, 1.82) is 0 Å². The van der Waals surface area contributed by atoms with Gasteiger partial charge in [-0.3, -0.25) is 4.79 Å². The molecule has 3 heteroatoms. The van der Waals surface area contributed by atoms with Gasteiger partial charge in [-0.15, -0.1) is 0 Å². The van der Waals surface area contributed by atoms with E-state index < -0.39 is 0 Å². The predicted octanol–water partition coefficient (Wildman–Crippen LogP) is 4.54. The van der Waals surface area contributed by atoms with E-state index in [1.165, 1.54) is 19.3 Å². The normalized spacial score (nSPS) is 18.1. The van der Waals surface area contributed by atoms with Crippen molar-refractivity contribution >= 4 is 21.7 Å². The second-order valence-corrected chi connectivity index (χ2v) is 6.54. The molecule has 104 valence electrons. The van der Waals surface area contributed by atoms with E-state index in [0.717, 1.165) is 28.6 Å². The summed E-state index contributed by atoms with van der Waals surface area (Å²) in [7, 11) is 1.65. The number of hydrogen-bond donors (Lipinski definition) is 0. The third kappa shape index (κ3) is 3.38. The summed E-state index contributed by atoms with van der Waals surface area (Å²) in [5.41, 5.74) is 0.953. The van der Waals surface area contributed by atoms with Gasteiger partial charge in [0.2, 0.25) is 0 Å². The lowest BCUT2D eigenvalue weighted by molar-refractivity contribution is -0.128. The van der Waals surface area contributed by atoms with E-state index in [9.17, 15) is 4.79 Å². The molecule has 1 saturated carbocycles. The van der Waals surface area contributed by atoms with E-state index in [1.54, 1.807) is 7.11 Å². The molecule has 0 atom stereocenters. The van der Waals surface area contributed by atoms with Gasteiger partial charge >= 0.3 is 0 Å². The maximum atomic E-state index is 12.5. The maximum Gasteiger partial charge on any atom is 0.143 e. The number of carbonyl (C=O) groups excluding carboxylic acids is 1. The first-order valence-corrected chi connectivity index (χ1v) is 7.70. The predicted molar refractivity (Wildman–Crippen MR) is 80.6 cm³/mol. The van der Waals surface area contributed by atoms with Crippen LogP contribution in [0.25, 0.3) is 0 Å². The van der Waals surface area contributed by atoms with Crippen molar-refractivity contribution in [3.05, 3.63) is 28.2 Å². The molecule has 2 nitrogen and oxygen atoms in total. The van der Waals surface area contributed by atoms with E-state index in [0.29, 0.717) is 12.2 Å². The molecule has 0 radical (unpaired) electrons. The lowest BCUT2D eigenvalue weighted by atomic mass is 9.71. The van der Waals surface area contributed by atoms with Crippen LogP contribution in [-0.4, -0.2) is 12.9 Å². The zero-order valence-corrected chi connectivity index (χ0v) is 13.3. The fourth-order valence-electron chi connectivity index (χ4n) is 2.83. The van der Waals surface area contributed by atoms with Crippen molar-refractivity contribution in [2.75, 3.05) is 7.11 Å². The smallest absolute Gasteiger partial charge is 0.143 e. The summed E-state index contributed by atoms with van der Waals surface area (Å²) in [6, 6.07) is 5.88. The number of ketones is 1. The van der Waals surface area contributed by atoms with Gasteiger partial charge < -0.3 is 4.74 Å². The molecule has 0 amide bonds. The fraction of sp³-hybridized carbons (Fsp3) is 0.562. The second kappa shape index (κ2) is 6.08. The molecule has 0 heterocycles. The molecule has 1 aliphatic rings. The number of rotatable bonds is 4. The van der Waals surface area contributed by atoms with Gasteiger partial charge in [-0.05, 0) is 46.5 Å². The van der Waals surface area contributed by atoms with Crippen molar-refractivity contribution in [3.8, 4) is 5.75 Å². The Morgan fingerprint density at radius 3 is 2.58 bits per heavy atom. The monoisotopic (exact) mass is 324 g/mol. The summed E-state index contributed by atoms with van der Waals surface area (Å²) in [5, 5.41) is 0. The van der Waals surface area contributed by atoms with Crippen LogP contribution in [0, 0.1) is 5.41 Å². The zero-order chi connectivity index (χ0) is 13.9. The maximum absolute atomic E-state index is 12.5. The van der Waals surface area contributed by atoms with Crippen molar-refractivity contribution in [3.63, 3.8) is 0 Å². The Hall–Kier alpha value is -0.830. The van der Waals surface area contributed by atoms with Crippen LogP contribution in [0.3, 0.4) is 0 Å². The minimum Gasteiger partial charge on any atom is -0.496 e. The molecule has 1 aromatic rings. The molecule has 19 heavy (non-hydrogen) atoms. The summed E-state index contributed by atoms with van der Waals surface area (Å²) in [6.45, 7) is 2.13. The summed E-state index contributed by atoms with van der Waals surface area (Å²) in [4.78, 5) is 12.5. The van der Waals surface area contributed by atoms with Gasteiger partial charge in [0.15, 0.2) is 0 Å². The molecule has 0 spiro atoms. The third-order valence-corrected chi connectivity index (χ3v) is 4.83. The Morgan fingerprint density at radius 2 is 2.00 bits per heavy atom. The van der Waals surface area contributed by atoms with E-state index in [1.807, 2.05) is 18.2 Å². The summed E-state index contributed by atoms with van der Waals surface area (Å²) < 4.78 is 6.12. The largest absolute Gasteiger partial charge is 0.496 e. The zero-order valence-electron chi connectivity index (χ0n) is 11.7. The highest BCUT2D eigenvalue weighted by molar-refractivity contribution is 9.10. The van der Waals surface area contributed by atoms with Crippen LogP contribution in [0.4, 0.5) is 0 Å². The molecule has 0 aliphatic heterocycles. The van der Waals surface area contributed by atoms with Crippen LogP contribution in [-0.2, 0) is 11.2 Å². The highest BCUT2D eigenvalue weighted by Gasteiger charge is 2.33. The van der Waals surface area contributed by atoms with E-state index in [-0.39, 0.29) is 5.41 Å². The number of methoxy groups -OCH3 is 1. The molecule has 0 bridgehead atoms. The minimum atomic E-state index is -0.106. The minimum absolute atomic E-state index is 0.106. The first-order chi connectivity index (χ1) is 9.05.